The molecule has 1 aromatic carbocycles. The van der Waals surface area contributed by atoms with Crippen LogP contribution < -0.4 is 0 Å². The first-order valence-electron chi connectivity index (χ1n) is 8.63. The maximum absolute atomic E-state index is 12.6. The maximum Gasteiger partial charge on any atom is 0.232 e. The summed E-state index contributed by atoms with van der Waals surface area (Å²) < 4.78 is 0. The summed E-state index contributed by atoms with van der Waals surface area (Å²) in [6.07, 6.45) is 1.94. The summed E-state index contributed by atoms with van der Waals surface area (Å²) in [5.74, 6) is 1.73. The molecule has 0 saturated carbocycles. The number of fused-ring (bicyclic) bond motifs is 4. The van der Waals surface area contributed by atoms with Gasteiger partial charge in [0.1, 0.15) is 0 Å². The number of aryl methyl sites for hydroxylation is 2. The van der Waals surface area contributed by atoms with Gasteiger partial charge >= 0.3 is 0 Å². The fourth-order valence-corrected chi connectivity index (χ4v) is 4.72. The second kappa shape index (κ2) is 7.18. The summed E-state index contributed by atoms with van der Waals surface area (Å²) in [5.41, 5.74) is 3.81. The van der Waals surface area contributed by atoms with Crippen molar-refractivity contribution in [2.24, 2.45) is 5.92 Å². The maximum atomic E-state index is 12.6. The summed E-state index contributed by atoms with van der Waals surface area (Å²) in [6, 6.07) is 6.73. The standard InChI is InChI=1S/C19H26N2O2S/c1-13-6-14(2)8-15(7-13)11-24-12-18(22)21-9-16-4-5-17(10-21)20(3)19(16)23/h6-8,16-17H,4-5,9-12H2,1-3H3/t16-,17+/m0/s1. The normalized spacial score (nSPS) is 23.5. The van der Waals surface area contributed by atoms with Crippen LogP contribution in [-0.2, 0) is 15.3 Å². The molecular weight excluding hydrogens is 320 g/mol. The summed E-state index contributed by atoms with van der Waals surface area (Å²) in [4.78, 5) is 28.6. The number of amides is 2. The summed E-state index contributed by atoms with van der Waals surface area (Å²) in [7, 11) is 1.88. The van der Waals surface area contributed by atoms with Crippen molar-refractivity contribution in [3.63, 3.8) is 0 Å². The third-order valence-corrected chi connectivity index (χ3v) is 6.08. The Morgan fingerprint density at radius 1 is 1.17 bits per heavy atom. The number of nitrogens with zero attached hydrogens (tertiary/aromatic N) is 2. The van der Waals surface area contributed by atoms with Crippen molar-refractivity contribution in [1.82, 2.24) is 9.80 Å². The van der Waals surface area contributed by atoms with E-state index in [1.54, 1.807) is 11.8 Å². The SMILES string of the molecule is Cc1cc(C)cc(CSCC(=O)N2C[C@@H]3CC[C@H](C2)N(C)C3=O)c1. The highest BCUT2D eigenvalue weighted by atomic mass is 32.2. The van der Waals surface area contributed by atoms with Gasteiger partial charge in [-0.2, -0.15) is 0 Å². The topological polar surface area (TPSA) is 40.6 Å². The summed E-state index contributed by atoms with van der Waals surface area (Å²) >= 11 is 1.67. The lowest BCUT2D eigenvalue weighted by Gasteiger charge is -2.32. The molecule has 4 nitrogen and oxygen atoms in total. The number of hydrogen-bond acceptors (Lipinski definition) is 3. The van der Waals surface area contributed by atoms with Crippen LogP contribution in [0.15, 0.2) is 18.2 Å². The van der Waals surface area contributed by atoms with Gasteiger partial charge in [0.05, 0.1) is 11.7 Å². The second-order valence-electron chi connectivity index (χ2n) is 7.16. The minimum atomic E-state index is 0.00197. The van der Waals surface area contributed by atoms with Crippen molar-refractivity contribution in [1.29, 1.82) is 0 Å². The van der Waals surface area contributed by atoms with Crippen molar-refractivity contribution in [3.05, 3.63) is 34.9 Å². The fraction of sp³-hybridized carbons (Fsp3) is 0.579. The Kier molecular flexibility index (Phi) is 5.18. The lowest BCUT2D eigenvalue weighted by molar-refractivity contribution is -0.138. The molecule has 3 saturated heterocycles. The predicted molar refractivity (Wildman–Crippen MR) is 97.9 cm³/mol. The molecule has 24 heavy (non-hydrogen) atoms. The largest absolute Gasteiger partial charge is 0.341 e. The van der Waals surface area contributed by atoms with Gasteiger partial charge in [-0.25, -0.2) is 0 Å². The van der Waals surface area contributed by atoms with Gasteiger partial charge in [-0.1, -0.05) is 29.3 Å². The first-order valence-corrected chi connectivity index (χ1v) is 9.79. The van der Waals surface area contributed by atoms with Crippen LogP contribution in [0.3, 0.4) is 0 Å². The minimum Gasteiger partial charge on any atom is -0.341 e. The molecule has 5 heteroatoms. The lowest BCUT2D eigenvalue weighted by Crippen LogP contribution is -2.45. The van der Waals surface area contributed by atoms with E-state index in [-0.39, 0.29) is 23.8 Å². The van der Waals surface area contributed by atoms with Crippen LogP contribution in [0.2, 0.25) is 0 Å². The van der Waals surface area contributed by atoms with E-state index in [0.717, 1.165) is 18.6 Å². The van der Waals surface area contributed by atoms with Crippen LogP contribution in [0.4, 0.5) is 0 Å². The van der Waals surface area contributed by atoms with Gasteiger partial charge in [-0.05, 0) is 32.3 Å². The van der Waals surface area contributed by atoms with Gasteiger partial charge in [-0.15, -0.1) is 11.8 Å². The molecule has 3 fully saturated rings. The van der Waals surface area contributed by atoms with E-state index < -0.39 is 0 Å². The molecule has 0 aromatic heterocycles. The molecule has 3 aliphatic heterocycles. The second-order valence-corrected chi connectivity index (χ2v) is 8.15. The Bertz CT molecular complexity index is 626. The van der Waals surface area contributed by atoms with E-state index in [0.29, 0.717) is 18.8 Å². The van der Waals surface area contributed by atoms with E-state index in [4.69, 9.17) is 0 Å². The number of rotatable bonds is 4. The Morgan fingerprint density at radius 2 is 1.88 bits per heavy atom. The molecule has 2 amide bonds. The van der Waals surface area contributed by atoms with Crippen LogP contribution in [0.1, 0.15) is 29.5 Å². The predicted octanol–water partition coefficient (Wildman–Crippen LogP) is 2.62. The number of carbonyl (C=O) groups excluding carboxylic acids is 2. The van der Waals surface area contributed by atoms with Crippen molar-refractivity contribution in [2.45, 2.75) is 38.5 Å². The highest BCUT2D eigenvalue weighted by Gasteiger charge is 2.39. The van der Waals surface area contributed by atoms with Crippen molar-refractivity contribution < 1.29 is 9.59 Å². The van der Waals surface area contributed by atoms with Crippen molar-refractivity contribution >= 4 is 23.6 Å². The molecule has 0 radical (unpaired) electrons. The number of thioether (sulfide) groups is 1. The zero-order valence-corrected chi connectivity index (χ0v) is 15.6. The number of piperidine rings is 1. The molecule has 0 aliphatic carbocycles. The van der Waals surface area contributed by atoms with Gasteiger partial charge < -0.3 is 9.80 Å². The molecule has 2 bridgehead atoms. The average molecular weight is 346 g/mol. The first-order chi connectivity index (χ1) is 11.4. The van der Waals surface area contributed by atoms with Crippen LogP contribution in [0, 0.1) is 19.8 Å². The number of carbonyl (C=O) groups is 2. The van der Waals surface area contributed by atoms with Gasteiger partial charge in [-0.3, -0.25) is 9.59 Å². The zero-order valence-electron chi connectivity index (χ0n) is 14.7. The van der Waals surface area contributed by atoms with Gasteiger partial charge in [0, 0.05) is 31.9 Å². The van der Waals surface area contributed by atoms with Crippen LogP contribution in [0.5, 0.6) is 0 Å². The van der Waals surface area contributed by atoms with E-state index >= 15 is 0 Å². The van der Waals surface area contributed by atoms with E-state index in [9.17, 15) is 9.59 Å². The zero-order chi connectivity index (χ0) is 17.3. The third-order valence-electron chi connectivity index (χ3n) is 5.09. The summed E-state index contributed by atoms with van der Waals surface area (Å²) in [6.45, 7) is 5.50. The van der Waals surface area contributed by atoms with Crippen LogP contribution >= 0.6 is 11.8 Å². The Hall–Kier alpha value is -1.49. The Balaban J connectivity index is 1.55. The van der Waals surface area contributed by atoms with Crippen molar-refractivity contribution in [3.8, 4) is 0 Å². The first kappa shape index (κ1) is 17.3. The van der Waals surface area contributed by atoms with Crippen LogP contribution in [-0.4, -0.2) is 53.5 Å². The average Bonchev–Trinajstić information content (AvgIpc) is 2.80. The molecule has 1 aromatic rings. The molecule has 3 heterocycles. The molecule has 0 N–H and O–H groups in total. The minimum absolute atomic E-state index is 0.00197. The van der Waals surface area contributed by atoms with Crippen molar-refractivity contribution in [2.75, 3.05) is 25.9 Å². The molecule has 4 rings (SSSR count). The third kappa shape index (κ3) is 3.77. The molecule has 0 spiro atoms. The molecule has 130 valence electrons. The van der Waals surface area contributed by atoms with Crippen LogP contribution in [0.25, 0.3) is 0 Å². The molecular formula is C19H26N2O2S. The lowest BCUT2D eigenvalue weighted by atomic mass is 9.95. The van der Waals surface area contributed by atoms with Gasteiger partial charge in [0.15, 0.2) is 0 Å². The number of benzene rings is 1. The highest BCUT2D eigenvalue weighted by Crippen LogP contribution is 2.28. The van der Waals surface area contributed by atoms with E-state index in [1.165, 1.54) is 16.7 Å². The highest BCUT2D eigenvalue weighted by molar-refractivity contribution is 7.99. The molecule has 3 aliphatic rings. The fourth-order valence-electron chi connectivity index (χ4n) is 3.86. The monoisotopic (exact) mass is 346 g/mol. The van der Waals surface area contributed by atoms with E-state index in [2.05, 4.69) is 32.0 Å². The van der Waals surface area contributed by atoms with Gasteiger partial charge in [0.2, 0.25) is 11.8 Å². The molecule has 0 unspecified atom stereocenters. The number of likely N-dealkylation sites (N-methyl/N-ethyl adjacent to an activating group) is 1. The Morgan fingerprint density at radius 3 is 2.58 bits per heavy atom. The molecule has 2 atom stereocenters. The van der Waals surface area contributed by atoms with E-state index in [1.807, 2.05) is 16.8 Å². The van der Waals surface area contributed by atoms with Gasteiger partial charge in [0.25, 0.3) is 0 Å². The quantitative estimate of drug-likeness (QED) is 0.841. The number of hydrogen-bond donors (Lipinski definition) is 0. The summed E-state index contributed by atoms with van der Waals surface area (Å²) in [5, 5.41) is 0. The Labute approximate surface area is 148 Å². The smallest absolute Gasteiger partial charge is 0.232 e.